The molecule has 0 aliphatic heterocycles. The zero-order valence-electron chi connectivity index (χ0n) is 6.69. The molecule has 0 nitrogen and oxygen atoms in total. The molecule has 0 unspecified atom stereocenters. The summed E-state index contributed by atoms with van der Waals surface area (Å²) in [6.45, 7) is -0.321. The summed E-state index contributed by atoms with van der Waals surface area (Å²) in [5.74, 6) is -0.256. The lowest BCUT2D eigenvalue weighted by Gasteiger charge is -2.09. The third-order valence-electron chi connectivity index (χ3n) is 2.57. The molecule has 0 radical (unpaired) electrons. The quantitative estimate of drug-likeness (QED) is 0.637. The Bertz CT molecular complexity index is 272. The van der Waals surface area contributed by atoms with Gasteiger partial charge in [-0.15, -0.1) is 0 Å². The van der Waals surface area contributed by atoms with Crippen molar-refractivity contribution in [2.24, 2.45) is 0 Å². The zero-order chi connectivity index (χ0) is 8.60. The van der Waals surface area contributed by atoms with Crippen molar-refractivity contribution in [2.75, 3.05) is 6.67 Å². The second-order valence-electron chi connectivity index (χ2n) is 3.42. The molecule has 2 heteroatoms. The highest BCUT2D eigenvalue weighted by Crippen LogP contribution is 2.48. The van der Waals surface area contributed by atoms with Crippen LogP contribution in [0, 0.1) is 5.82 Å². The number of alkyl halides is 1. The van der Waals surface area contributed by atoms with Crippen LogP contribution in [0.3, 0.4) is 0 Å². The first-order chi connectivity index (χ1) is 5.77. The fourth-order valence-corrected chi connectivity index (χ4v) is 1.45. The number of hydrogen-bond acceptors (Lipinski definition) is 0. The maximum absolute atomic E-state index is 12.5. The minimum Gasteiger partial charge on any atom is -0.250 e. The van der Waals surface area contributed by atoms with Crippen molar-refractivity contribution in [1.82, 2.24) is 0 Å². The summed E-state index contributed by atoms with van der Waals surface area (Å²) >= 11 is 0. The predicted molar refractivity (Wildman–Crippen MR) is 43.3 cm³/mol. The minimum atomic E-state index is -0.321. The van der Waals surface area contributed by atoms with Gasteiger partial charge in [0.15, 0.2) is 0 Å². The Labute approximate surface area is 70.2 Å². The third-order valence-corrected chi connectivity index (χ3v) is 2.57. The van der Waals surface area contributed by atoms with Crippen LogP contribution in [0.1, 0.15) is 18.4 Å². The highest BCUT2D eigenvalue weighted by atomic mass is 19.1. The highest BCUT2D eigenvalue weighted by molar-refractivity contribution is 5.31. The zero-order valence-corrected chi connectivity index (χ0v) is 6.69. The molecule has 0 aromatic heterocycles. The molecule has 0 N–H and O–H groups in total. The molecule has 0 heterocycles. The Morgan fingerprint density at radius 3 is 2.17 bits per heavy atom. The van der Waals surface area contributed by atoms with Crippen LogP contribution in [0.25, 0.3) is 0 Å². The first-order valence-corrected chi connectivity index (χ1v) is 4.09. The van der Waals surface area contributed by atoms with Gasteiger partial charge in [0.05, 0.1) is 6.67 Å². The maximum Gasteiger partial charge on any atom is 0.123 e. The highest BCUT2D eigenvalue weighted by Gasteiger charge is 2.44. The predicted octanol–water partition coefficient (Wildman–Crippen LogP) is 2.83. The van der Waals surface area contributed by atoms with E-state index in [1.807, 2.05) is 0 Å². The molecule has 1 aliphatic carbocycles. The van der Waals surface area contributed by atoms with E-state index in [2.05, 4.69) is 0 Å². The maximum atomic E-state index is 12.5. The largest absolute Gasteiger partial charge is 0.250 e. The van der Waals surface area contributed by atoms with Gasteiger partial charge in [0, 0.05) is 5.41 Å². The monoisotopic (exact) mass is 168 g/mol. The van der Waals surface area contributed by atoms with Crippen LogP contribution in [0.5, 0.6) is 0 Å². The van der Waals surface area contributed by atoms with E-state index in [1.165, 1.54) is 12.1 Å². The van der Waals surface area contributed by atoms with Gasteiger partial charge in [-0.1, -0.05) is 12.1 Å². The summed E-state index contributed by atoms with van der Waals surface area (Å²) in [5.41, 5.74) is 0.680. The van der Waals surface area contributed by atoms with Gasteiger partial charge >= 0.3 is 0 Å². The van der Waals surface area contributed by atoms with Gasteiger partial charge in [-0.05, 0) is 30.5 Å². The average molecular weight is 168 g/mol. The van der Waals surface area contributed by atoms with Crippen molar-refractivity contribution in [3.05, 3.63) is 35.6 Å². The summed E-state index contributed by atoms with van der Waals surface area (Å²) in [6.07, 6.45) is 1.80. The van der Waals surface area contributed by atoms with Crippen molar-refractivity contribution in [3.63, 3.8) is 0 Å². The van der Waals surface area contributed by atoms with E-state index in [9.17, 15) is 8.78 Å². The Morgan fingerprint density at radius 2 is 1.75 bits per heavy atom. The molecule has 1 saturated carbocycles. The van der Waals surface area contributed by atoms with Crippen LogP contribution in [0.15, 0.2) is 24.3 Å². The van der Waals surface area contributed by atoms with Crippen molar-refractivity contribution >= 4 is 0 Å². The fraction of sp³-hybridized carbons (Fsp3) is 0.400. The lowest BCUT2D eigenvalue weighted by atomic mass is 9.98. The molecule has 2 rings (SSSR count). The average Bonchev–Trinajstić information content (AvgIpc) is 2.86. The molecule has 1 aromatic carbocycles. The molecule has 0 spiro atoms. The number of benzene rings is 1. The van der Waals surface area contributed by atoms with Crippen LogP contribution >= 0.6 is 0 Å². The molecule has 12 heavy (non-hydrogen) atoms. The summed E-state index contributed by atoms with van der Waals surface area (Å²) in [7, 11) is 0. The van der Waals surface area contributed by atoms with Gasteiger partial charge in [-0.3, -0.25) is 4.39 Å². The first-order valence-electron chi connectivity index (χ1n) is 4.09. The molecule has 0 amide bonds. The van der Waals surface area contributed by atoms with E-state index in [0.29, 0.717) is 0 Å². The van der Waals surface area contributed by atoms with Crippen molar-refractivity contribution in [1.29, 1.82) is 0 Å². The molecular formula is C10H10F2. The van der Waals surface area contributed by atoms with Crippen molar-refractivity contribution in [3.8, 4) is 0 Å². The van der Waals surface area contributed by atoms with Gasteiger partial charge in [-0.2, -0.15) is 0 Å². The second kappa shape index (κ2) is 2.54. The number of halogens is 2. The fourth-order valence-electron chi connectivity index (χ4n) is 1.45. The molecule has 0 bridgehead atoms. The van der Waals surface area contributed by atoms with Crippen LogP contribution in [0.2, 0.25) is 0 Å². The first kappa shape index (κ1) is 7.71. The van der Waals surface area contributed by atoms with Crippen LogP contribution < -0.4 is 0 Å². The number of hydrogen-bond donors (Lipinski definition) is 0. The van der Waals surface area contributed by atoms with Gasteiger partial charge in [0.2, 0.25) is 0 Å². The Kier molecular flexibility index (Phi) is 1.63. The lowest BCUT2D eigenvalue weighted by Crippen LogP contribution is -2.08. The van der Waals surface area contributed by atoms with E-state index in [1.54, 1.807) is 12.1 Å². The molecule has 64 valence electrons. The lowest BCUT2D eigenvalue weighted by molar-refractivity contribution is 0.417. The summed E-state index contributed by atoms with van der Waals surface area (Å²) in [5, 5.41) is 0. The smallest absolute Gasteiger partial charge is 0.123 e. The van der Waals surface area contributed by atoms with Crippen molar-refractivity contribution < 1.29 is 8.78 Å². The molecule has 1 aromatic rings. The Balaban J connectivity index is 2.29. The SMILES string of the molecule is FCC1(c2ccc(F)cc2)CC1. The number of rotatable bonds is 2. The summed E-state index contributed by atoms with van der Waals surface area (Å²) in [4.78, 5) is 0. The minimum absolute atomic E-state index is 0.256. The van der Waals surface area contributed by atoms with E-state index < -0.39 is 0 Å². The van der Waals surface area contributed by atoms with E-state index in [-0.39, 0.29) is 17.9 Å². The van der Waals surface area contributed by atoms with Crippen LogP contribution in [-0.4, -0.2) is 6.67 Å². The van der Waals surface area contributed by atoms with Gasteiger partial charge < -0.3 is 0 Å². The normalized spacial score (nSPS) is 19.2. The molecule has 1 aliphatic rings. The van der Waals surface area contributed by atoms with Gasteiger partial charge in [-0.25, -0.2) is 4.39 Å². The van der Waals surface area contributed by atoms with E-state index >= 15 is 0 Å². The van der Waals surface area contributed by atoms with Crippen LogP contribution in [-0.2, 0) is 5.41 Å². The second-order valence-corrected chi connectivity index (χ2v) is 3.42. The van der Waals surface area contributed by atoms with E-state index in [4.69, 9.17) is 0 Å². The Hall–Kier alpha value is -0.920. The molecule has 1 fully saturated rings. The Morgan fingerprint density at radius 1 is 1.17 bits per heavy atom. The topological polar surface area (TPSA) is 0 Å². The van der Waals surface area contributed by atoms with Gasteiger partial charge in [0.25, 0.3) is 0 Å². The summed E-state index contributed by atoms with van der Waals surface area (Å²) < 4.78 is 25.0. The molecular weight excluding hydrogens is 158 g/mol. The van der Waals surface area contributed by atoms with E-state index in [0.717, 1.165) is 18.4 Å². The van der Waals surface area contributed by atoms with Crippen molar-refractivity contribution in [2.45, 2.75) is 18.3 Å². The molecule has 0 saturated heterocycles. The van der Waals surface area contributed by atoms with Gasteiger partial charge in [0.1, 0.15) is 5.82 Å². The summed E-state index contributed by atoms with van der Waals surface area (Å²) in [6, 6.07) is 6.15. The van der Waals surface area contributed by atoms with Crippen LogP contribution in [0.4, 0.5) is 8.78 Å². The molecule has 0 atom stereocenters. The third kappa shape index (κ3) is 1.11. The standard InChI is InChI=1S/C10H10F2/c11-7-10(5-6-10)8-1-3-9(12)4-2-8/h1-4H,5-7H2.